The molecule has 3 heteroatoms. The van der Waals surface area contributed by atoms with Gasteiger partial charge in [-0.25, -0.2) is 0 Å². The molecule has 3 N–H and O–H groups in total. The van der Waals surface area contributed by atoms with E-state index in [4.69, 9.17) is 5.73 Å². The van der Waals surface area contributed by atoms with Gasteiger partial charge >= 0.3 is 0 Å². The van der Waals surface area contributed by atoms with E-state index in [1.54, 1.807) is 0 Å². The molecule has 0 aromatic carbocycles. The molecule has 94 valence electrons. The van der Waals surface area contributed by atoms with Crippen LogP contribution in [0.1, 0.15) is 52.9 Å². The van der Waals surface area contributed by atoms with Crippen molar-refractivity contribution >= 4 is 5.91 Å². The number of amides is 1. The Morgan fingerprint density at radius 3 is 2.50 bits per heavy atom. The van der Waals surface area contributed by atoms with Gasteiger partial charge in [0.25, 0.3) is 0 Å². The molecule has 2 atom stereocenters. The van der Waals surface area contributed by atoms with Crippen LogP contribution in [0.15, 0.2) is 0 Å². The van der Waals surface area contributed by atoms with E-state index in [2.05, 4.69) is 19.2 Å². The van der Waals surface area contributed by atoms with Crippen LogP contribution in [0.2, 0.25) is 0 Å². The van der Waals surface area contributed by atoms with E-state index in [9.17, 15) is 4.79 Å². The summed E-state index contributed by atoms with van der Waals surface area (Å²) >= 11 is 0. The molecule has 0 saturated heterocycles. The van der Waals surface area contributed by atoms with Crippen molar-refractivity contribution in [2.45, 2.75) is 58.9 Å². The molecule has 1 saturated carbocycles. The first-order chi connectivity index (χ1) is 7.48. The minimum Gasteiger partial charge on any atom is -0.354 e. The van der Waals surface area contributed by atoms with E-state index in [0.29, 0.717) is 5.41 Å². The van der Waals surface area contributed by atoms with Gasteiger partial charge in [0.2, 0.25) is 5.91 Å². The highest BCUT2D eigenvalue weighted by Gasteiger charge is 2.30. The topological polar surface area (TPSA) is 55.1 Å². The van der Waals surface area contributed by atoms with E-state index in [-0.39, 0.29) is 17.9 Å². The highest BCUT2D eigenvalue weighted by atomic mass is 16.2. The van der Waals surface area contributed by atoms with Crippen LogP contribution < -0.4 is 11.1 Å². The van der Waals surface area contributed by atoms with E-state index < -0.39 is 0 Å². The van der Waals surface area contributed by atoms with Crippen LogP contribution >= 0.6 is 0 Å². The van der Waals surface area contributed by atoms with Crippen LogP contribution in [0.25, 0.3) is 0 Å². The third-order valence-electron chi connectivity index (χ3n) is 4.06. The highest BCUT2D eigenvalue weighted by molar-refractivity contribution is 5.81. The molecule has 1 aliphatic carbocycles. The monoisotopic (exact) mass is 226 g/mol. The van der Waals surface area contributed by atoms with Crippen molar-refractivity contribution in [2.75, 3.05) is 6.54 Å². The minimum atomic E-state index is -0.352. The molecular formula is C13H26N2O. The third kappa shape index (κ3) is 3.48. The number of carbonyl (C=O) groups is 1. The SMILES string of the molecule is CCC(C)C(N)C(=O)NCC1(C)CCCC1. The fraction of sp³-hybridized carbons (Fsp3) is 0.923. The Bertz CT molecular complexity index is 234. The van der Waals surface area contributed by atoms with Gasteiger partial charge < -0.3 is 11.1 Å². The third-order valence-corrected chi connectivity index (χ3v) is 4.06. The average Bonchev–Trinajstić information content (AvgIpc) is 2.71. The number of hydrogen-bond donors (Lipinski definition) is 2. The zero-order valence-electron chi connectivity index (χ0n) is 10.9. The predicted octanol–water partition coefficient (Wildman–Crippen LogP) is 2.06. The van der Waals surface area contributed by atoms with Crippen molar-refractivity contribution in [1.29, 1.82) is 0 Å². The van der Waals surface area contributed by atoms with Crippen molar-refractivity contribution in [2.24, 2.45) is 17.1 Å². The Labute approximate surface area is 99.2 Å². The summed E-state index contributed by atoms with van der Waals surface area (Å²) < 4.78 is 0. The van der Waals surface area contributed by atoms with Crippen LogP contribution in [0.5, 0.6) is 0 Å². The maximum Gasteiger partial charge on any atom is 0.237 e. The first-order valence-electron chi connectivity index (χ1n) is 6.52. The van der Waals surface area contributed by atoms with Crippen LogP contribution in [0, 0.1) is 11.3 Å². The lowest BCUT2D eigenvalue weighted by Crippen LogP contribution is -2.47. The maximum atomic E-state index is 11.8. The van der Waals surface area contributed by atoms with Gasteiger partial charge in [0.05, 0.1) is 6.04 Å². The van der Waals surface area contributed by atoms with Gasteiger partial charge in [-0.2, -0.15) is 0 Å². The number of nitrogens with two attached hydrogens (primary N) is 1. The molecule has 0 aliphatic heterocycles. The summed E-state index contributed by atoms with van der Waals surface area (Å²) in [6.45, 7) is 7.14. The molecule has 0 bridgehead atoms. The summed E-state index contributed by atoms with van der Waals surface area (Å²) in [5.41, 5.74) is 6.20. The minimum absolute atomic E-state index is 0.0162. The Morgan fingerprint density at radius 2 is 2.00 bits per heavy atom. The predicted molar refractivity (Wildman–Crippen MR) is 67.0 cm³/mol. The second-order valence-corrected chi connectivity index (χ2v) is 5.65. The molecular weight excluding hydrogens is 200 g/mol. The van der Waals surface area contributed by atoms with Crippen LogP contribution in [-0.2, 0) is 4.79 Å². The van der Waals surface area contributed by atoms with Gasteiger partial charge in [0.1, 0.15) is 0 Å². The highest BCUT2D eigenvalue weighted by Crippen LogP contribution is 2.36. The number of rotatable bonds is 5. The van der Waals surface area contributed by atoms with Gasteiger partial charge in [-0.05, 0) is 24.2 Å². The lowest BCUT2D eigenvalue weighted by molar-refractivity contribution is -0.123. The molecule has 2 unspecified atom stereocenters. The zero-order chi connectivity index (χ0) is 12.2. The first kappa shape index (κ1) is 13.5. The van der Waals surface area contributed by atoms with E-state index in [1.165, 1.54) is 25.7 Å². The van der Waals surface area contributed by atoms with E-state index in [0.717, 1.165) is 13.0 Å². The summed E-state index contributed by atoms with van der Waals surface area (Å²) in [6, 6.07) is -0.352. The molecule has 16 heavy (non-hydrogen) atoms. The molecule has 1 amide bonds. The summed E-state index contributed by atoms with van der Waals surface area (Å²) in [4.78, 5) is 11.8. The molecule has 0 aromatic heterocycles. The standard InChI is InChI=1S/C13H26N2O/c1-4-10(2)11(14)12(16)15-9-13(3)7-5-6-8-13/h10-11H,4-9,14H2,1-3H3,(H,15,16). The fourth-order valence-corrected chi connectivity index (χ4v) is 2.34. The Morgan fingerprint density at radius 1 is 1.44 bits per heavy atom. The van der Waals surface area contributed by atoms with Crippen molar-refractivity contribution in [3.8, 4) is 0 Å². The first-order valence-corrected chi connectivity index (χ1v) is 6.52. The van der Waals surface area contributed by atoms with Crippen molar-refractivity contribution in [3.63, 3.8) is 0 Å². The van der Waals surface area contributed by atoms with Crippen LogP contribution in [0.4, 0.5) is 0 Å². The normalized spacial score (nSPS) is 22.8. The molecule has 0 heterocycles. The van der Waals surface area contributed by atoms with Gasteiger partial charge in [0.15, 0.2) is 0 Å². The summed E-state index contributed by atoms with van der Waals surface area (Å²) in [5, 5.41) is 3.02. The number of nitrogens with one attached hydrogen (secondary N) is 1. The second-order valence-electron chi connectivity index (χ2n) is 5.65. The van der Waals surface area contributed by atoms with Gasteiger partial charge in [0, 0.05) is 6.54 Å². The Balaban J connectivity index is 2.34. The van der Waals surface area contributed by atoms with Crippen molar-refractivity contribution in [1.82, 2.24) is 5.32 Å². The van der Waals surface area contributed by atoms with Crippen LogP contribution in [0.3, 0.4) is 0 Å². The summed E-state index contributed by atoms with van der Waals surface area (Å²) in [7, 11) is 0. The molecule has 1 aliphatic rings. The average molecular weight is 226 g/mol. The lowest BCUT2D eigenvalue weighted by Gasteiger charge is -2.25. The fourth-order valence-electron chi connectivity index (χ4n) is 2.34. The van der Waals surface area contributed by atoms with Crippen molar-refractivity contribution < 1.29 is 4.79 Å². The number of carbonyl (C=O) groups excluding carboxylic acids is 1. The smallest absolute Gasteiger partial charge is 0.237 e. The summed E-state index contributed by atoms with van der Waals surface area (Å²) in [6.07, 6.45) is 6.00. The largest absolute Gasteiger partial charge is 0.354 e. The second kappa shape index (κ2) is 5.67. The maximum absolute atomic E-state index is 11.8. The molecule has 1 rings (SSSR count). The molecule has 0 spiro atoms. The Hall–Kier alpha value is -0.570. The zero-order valence-corrected chi connectivity index (χ0v) is 10.9. The van der Waals surface area contributed by atoms with Gasteiger partial charge in [-0.15, -0.1) is 0 Å². The van der Waals surface area contributed by atoms with Crippen LogP contribution in [-0.4, -0.2) is 18.5 Å². The molecule has 0 aromatic rings. The van der Waals surface area contributed by atoms with Gasteiger partial charge in [-0.1, -0.05) is 40.0 Å². The Kier molecular flexibility index (Phi) is 4.78. The molecule has 3 nitrogen and oxygen atoms in total. The summed E-state index contributed by atoms with van der Waals surface area (Å²) in [5.74, 6) is 0.277. The van der Waals surface area contributed by atoms with E-state index in [1.807, 2.05) is 6.92 Å². The van der Waals surface area contributed by atoms with Gasteiger partial charge in [-0.3, -0.25) is 4.79 Å². The quantitative estimate of drug-likeness (QED) is 0.754. The molecule has 0 radical (unpaired) electrons. The van der Waals surface area contributed by atoms with Crippen molar-refractivity contribution in [3.05, 3.63) is 0 Å². The number of hydrogen-bond acceptors (Lipinski definition) is 2. The molecule has 1 fully saturated rings. The lowest BCUT2D eigenvalue weighted by atomic mass is 9.88. The van der Waals surface area contributed by atoms with E-state index >= 15 is 0 Å².